The first kappa shape index (κ1) is 12.9. The van der Waals surface area contributed by atoms with Crippen LogP contribution in [0.3, 0.4) is 0 Å². The molecule has 1 heterocycles. The Balaban J connectivity index is 1.88. The summed E-state index contributed by atoms with van der Waals surface area (Å²) in [4.78, 5) is 0. The number of rotatable bonds is 3. The first-order valence-electron chi connectivity index (χ1n) is 6.43. The standard InChI is InChI=1S/C17H14O2S/c1-12-9-17(20)19-16-10-14(7-8-15(12)16)18-11-13-5-3-2-4-6-13/h2-10H,11H2,1H3. The number of hydrogen-bond donors (Lipinski definition) is 0. The number of fused-ring (bicyclic) bond motifs is 1. The van der Waals surface area contributed by atoms with E-state index in [-0.39, 0.29) is 0 Å². The molecule has 0 aliphatic heterocycles. The van der Waals surface area contributed by atoms with E-state index in [1.54, 1.807) is 0 Å². The summed E-state index contributed by atoms with van der Waals surface area (Å²) in [5.74, 6) is 0.783. The van der Waals surface area contributed by atoms with Crippen molar-refractivity contribution in [3.05, 3.63) is 70.4 Å². The van der Waals surface area contributed by atoms with Crippen molar-refractivity contribution in [1.29, 1.82) is 0 Å². The monoisotopic (exact) mass is 282 g/mol. The Kier molecular flexibility index (Phi) is 3.52. The summed E-state index contributed by atoms with van der Waals surface area (Å²) in [6.07, 6.45) is 0. The fraction of sp³-hybridized carbons (Fsp3) is 0.118. The van der Waals surface area contributed by atoms with E-state index < -0.39 is 0 Å². The zero-order valence-electron chi connectivity index (χ0n) is 11.1. The van der Waals surface area contributed by atoms with Gasteiger partial charge in [0.15, 0.2) is 4.71 Å². The molecular weight excluding hydrogens is 268 g/mol. The first-order valence-corrected chi connectivity index (χ1v) is 6.84. The van der Waals surface area contributed by atoms with Gasteiger partial charge in [0.25, 0.3) is 0 Å². The highest BCUT2D eigenvalue weighted by atomic mass is 32.1. The highest BCUT2D eigenvalue weighted by Crippen LogP contribution is 2.24. The lowest BCUT2D eigenvalue weighted by atomic mass is 10.1. The molecule has 0 atom stereocenters. The highest BCUT2D eigenvalue weighted by molar-refractivity contribution is 7.71. The normalized spacial score (nSPS) is 10.7. The molecule has 2 nitrogen and oxygen atoms in total. The molecule has 20 heavy (non-hydrogen) atoms. The summed E-state index contributed by atoms with van der Waals surface area (Å²) in [6.45, 7) is 2.57. The van der Waals surface area contributed by atoms with Gasteiger partial charge in [0.05, 0.1) is 0 Å². The highest BCUT2D eigenvalue weighted by Gasteiger charge is 2.03. The predicted octanol–water partition coefficient (Wildman–Crippen LogP) is 5.05. The Morgan fingerprint density at radius 1 is 1.05 bits per heavy atom. The molecule has 3 aromatic rings. The molecule has 100 valence electrons. The molecule has 2 aromatic carbocycles. The van der Waals surface area contributed by atoms with Gasteiger partial charge in [0.2, 0.25) is 0 Å². The van der Waals surface area contributed by atoms with Crippen LogP contribution in [0.4, 0.5) is 0 Å². The fourth-order valence-electron chi connectivity index (χ4n) is 2.14. The third-order valence-electron chi connectivity index (χ3n) is 3.17. The third-order valence-corrected chi connectivity index (χ3v) is 3.37. The molecule has 0 saturated carbocycles. The smallest absolute Gasteiger partial charge is 0.191 e. The topological polar surface area (TPSA) is 22.4 Å². The van der Waals surface area contributed by atoms with Gasteiger partial charge in [0.1, 0.15) is 17.9 Å². The van der Waals surface area contributed by atoms with E-state index in [1.165, 1.54) is 0 Å². The van der Waals surface area contributed by atoms with Crippen LogP contribution in [0.15, 0.2) is 59.0 Å². The Hall–Kier alpha value is -2.13. The van der Waals surface area contributed by atoms with Crippen LogP contribution < -0.4 is 4.74 Å². The molecule has 0 fully saturated rings. The lowest BCUT2D eigenvalue weighted by Crippen LogP contribution is -1.94. The van der Waals surface area contributed by atoms with Gasteiger partial charge in [0, 0.05) is 11.5 Å². The molecule has 0 aliphatic rings. The van der Waals surface area contributed by atoms with Gasteiger partial charge < -0.3 is 9.15 Å². The predicted molar refractivity (Wildman–Crippen MR) is 82.6 cm³/mol. The second-order valence-corrected chi connectivity index (χ2v) is 5.08. The number of aryl methyl sites for hydroxylation is 1. The van der Waals surface area contributed by atoms with E-state index in [0.29, 0.717) is 11.3 Å². The van der Waals surface area contributed by atoms with E-state index in [9.17, 15) is 0 Å². The van der Waals surface area contributed by atoms with E-state index in [1.807, 2.05) is 61.5 Å². The summed E-state index contributed by atoms with van der Waals surface area (Å²) in [5, 5.41) is 1.06. The molecule has 1 aromatic heterocycles. The second kappa shape index (κ2) is 5.47. The molecule has 0 amide bonds. The molecule has 0 aliphatic carbocycles. The van der Waals surface area contributed by atoms with Crippen molar-refractivity contribution in [3.63, 3.8) is 0 Å². The van der Waals surface area contributed by atoms with Crippen LogP contribution in [-0.2, 0) is 6.61 Å². The maximum atomic E-state index is 5.79. The van der Waals surface area contributed by atoms with Crippen LogP contribution in [0, 0.1) is 11.6 Å². The Bertz CT molecular complexity index is 791. The summed E-state index contributed by atoms with van der Waals surface area (Å²) >= 11 is 5.10. The minimum absolute atomic E-state index is 0.496. The van der Waals surface area contributed by atoms with Gasteiger partial charge in [-0.3, -0.25) is 0 Å². The number of ether oxygens (including phenoxy) is 1. The molecule has 0 saturated heterocycles. The van der Waals surface area contributed by atoms with Crippen LogP contribution in [-0.4, -0.2) is 0 Å². The van der Waals surface area contributed by atoms with Crippen LogP contribution in [0.2, 0.25) is 0 Å². The van der Waals surface area contributed by atoms with Crippen molar-refractivity contribution >= 4 is 23.2 Å². The summed E-state index contributed by atoms with van der Waals surface area (Å²) in [5.41, 5.74) is 3.02. The third kappa shape index (κ3) is 2.73. The van der Waals surface area contributed by atoms with Gasteiger partial charge >= 0.3 is 0 Å². The molecule has 3 rings (SSSR count). The lowest BCUT2D eigenvalue weighted by molar-refractivity contribution is 0.306. The van der Waals surface area contributed by atoms with Crippen molar-refractivity contribution in [1.82, 2.24) is 0 Å². The molecule has 0 bridgehead atoms. The maximum absolute atomic E-state index is 5.79. The molecule has 0 N–H and O–H groups in total. The van der Waals surface area contributed by atoms with Crippen molar-refractivity contribution in [2.75, 3.05) is 0 Å². The molecule has 0 unspecified atom stereocenters. The molecular formula is C17H14O2S. The summed E-state index contributed by atoms with van der Waals surface area (Å²) < 4.78 is 11.9. The van der Waals surface area contributed by atoms with Gasteiger partial charge in [-0.2, -0.15) is 0 Å². The number of hydrogen-bond acceptors (Lipinski definition) is 3. The van der Waals surface area contributed by atoms with E-state index >= 15 is 0 Å². The van der Waals surface area contributed by atoms with Crippen molar-refractivity contribution in [2.24, 2.45) is 0 Å². The van der Waals surface area contributed by atoms with Gasteiger partial charge in [-0.15, -0.1) is 0 Å². The van der Waals surface area contributed by atoms with Crippen LogP contribution in [0.25, 0.3) is 11.0 Å². The van der Waals surface area contributed by atoms with Crippen molar-refractivity contribution in [2.45, 2.75) is 13.5 Å². The fourth-order valence-corrected chi connectivity index (χ4v) is 2.40. The van der Waals surface area contributed by atoms with Crippen LogP contribution >= 0.6 is 12.2 Å². The zero-order valence-corrected chi connectivity index (χ0v) is 11.9. The molecule has 0 radical (unpaired) electrons. The number of benzene rings is 2. The minimum Gasteiger partial charge on any atom is -0.489 e. The van der Waals surface area contributed by atoms with Crippen LogP contribution in [0.1, 0.15) is 11.1 Å². The Labute approximate surface area is 122 Å². The molecule has 0 spiro atoms. The van der Waals surface area contributed by atoms with Crippen LogP contribution in [0.5, 0.6) is 5.75 Å². The van der Waals surface area contributed by atoms with Gasteiger partial charge in [-0.1, -0.05) is 30.3 Å². The average molecular weight is 282 g/mol. The van der Waals surface area contributed by atoms with Crippen molar-refractivity contribution in [3.8, 4) is 5.75 Å². The largest absolute Gasteiger partial charge is 0.489 e. The van der Waals surface area contributed by atoms with E-state index in [0.717, 1.165) is 27.8 Å². The average Bonchev–Trinajstić information content (AvgIpc) is 2.45. The molecule has 3 heteroatoms. The Morgan fingerprint density at radius 2 is 1.85 bits per heavy atom. The summed E-state index contributed by atoms with van der Waals surface area (Å²) in [6, 6.07) is 17.8. The summed E-state index contributed by atoms with van der Waals surface area (Å²) in [7, 11) is 0. The van der Waals surface area contributed by atoms with E-state index in [4.69, 9.17) is 21.4 Å². The minimum atomic E-state index is 0.496. The zero-order chi connectivity index (χ0) is 13.9. The SMILES string of the molecule is Cc1cc(=S)oc2cc(OCc3ccccc3)ccc12. The van der Waals surface area contributed by atoms with Gasteiger partial charge in [-0.25, -0.2) is 0 Å². The quantitative estimate of drug-likeness (QED) is 0.628. The second-order valence-electron chi connectivity index (χ2n) is 4.68. The first-order chi connectivity index (χ1) is 9.72. The van der Waals surface area contributed by atoms with Gasteiger partial charge in [-0.05, 0) is 48.5 Å². The maximum Gasteiger partial charge on any atom is 0.191 e. The Morgan fingerprint density at radius 3 is 2.65 bits per heavy atom. The lowest BCUT2D eigenvalue weighted by Gasteiger charge is -2.08. The van der Waals surface area contributed by atoms with E-state index in [2.05, 4.69) is 0 Å². The van der Waals surface area contributed by atoms with Crippen molar-refractivity contribution < 1.29 is 9.15 Å².